The number of carbonyl (C=O) groups is 1. The summed E-state index contributed by atoms with van der Waals surface area (Å²) < 4.78 is 39.0. The average molecular weight is 517 g/mol. The van der Waals surface area contributed by atoms with Gasteiger partial charge in [-0.3, -0.25) is 4.79 Å². The van der Waals surface area contributed by atoms with E-state index in [9.17, 15) is 13.2 Å². The molecular formula is C29H28N2O5S. The maximum Gasteiger partial charge on any atom is 0.243 e. The van der Waals surface area contributed by atoms with Crippen LogP contribution in [0.2, 0.25) is 0 Å². The maximum absolute atomic E-state index is 13.4. The Kier molecular flexibility index (Phi) is 8.22. The molecule has 1 amide bonds. The van der Waals surface area contributed by atoms with Crippen molar-refractivity contribution in [1.29, 1.82) is 0 Å². The minimum Gasteiger partial charge on any atom is -0.497 e. The van der Waals surface area contributed by atoms with E-state index in [1.165, 1.54) is 23.5 Å². The number of amides is 1. The van der Waals surface area contributed by atoms with E-state index in [0.29, 0.717) is 28.5 Å². The number of benzene rings is 4. The number of hydrogen-bond acceptors (Lipinski definition) is 5. The van der Waals surface area contributed by atoms with Crippen LogP contribution in [0.25, 0.3) is 0 Å². The van der Waals surface area contributed by atoms with Crippen LogP contribution >= 0.6 is 0 Å². The first kappa shape index (κ1) is 25.9. The standard InChI is InChI=1S/C29H28N2O5S/c1-31(37(33,34)27-11-7-4-8-12-27)28(22-13-17-24(35-2)18-14-22)21-29(32)30-23-15-19-26(20-16-23)36-25-9-5-3-6-10-25/h3-20,28H,21H2,1-2H3,(H,30,32)/t28-/m0/s1. The molecule has 190 valence electrons. The number of sulfonamides is 1. The molecule has 1 N–H and O–H groups in total. The topological polar surface area (TPSA) is 84.9 Å². The van der Waals surface area contributed by atoms with Gasteiger partial charge in [0.15, 0.2) is 0 Å². The summed E-state index contributed by atoms with van der Waals surface area (Å²) in [6, 6.07) is 30.8. The molecule has 0 saturated carbocycles. The average Bonchev–Trinajstić information content (AvgIpc) is 2.93. The third-order valence-electron chi connectivity index (χ3n) is 5.86. The Morgan fingerprint density at radius 3 is 1.92 bits per heavy atom. The number of carbonyl (C=O) groups excluding carboxylic acids is 1. The highest BCUT2D eigenvalue weighted by atomic mass is 32.2. The molecule has 0 aliphatic rings. The first-order valence-corrected chi connectivity index (χ1v) is 13.1. The lowest BCUT2D eigenvalue weighted by atomic mass is 10.0. The SMILES string of the molecule is COc1ccc([C@H](CC(=O)Nc2ccc(Oc3ccccc3)cc2)N(C)S(=O)(=O)c2ccccc2)cc1. The van der Waals surface area contributed by atoms with E-state index >= 15 is 0 Å². The smallest absolute Gasteiger partial charge is 0.243 e. The summed E-state index contributed by atoms with van der Waals surface area (Å²) in [6.45, 7) is 0. The summed E-state index contributed by atoms with van der Waals surface area (Å²) >= 11 is 0. The molecule has 0 bridgehead atoms. The number of para-hydroxylation sites is 1. The van der Waals surface area contributed by atoms with E-state index in [2.05, 4.69) is 5.32 Å². The molecule has 4 rings (SSSR count). The summed E-state index contributed by atoms with van der Waals surface area (Å²) in [5, 5.41) is 2.86. The first-order valence-electron chi connectivity index (χ1n) is 11.7. The fourth-order valence-electron chi connectivity index (χ4n) is 3.83. The number of anilines is 1. The van der Waals surface area contributed by atoms with Crippen LogP contribution in [-0.4, -0.2) is 32.8 Å². The van der Waals surface area contributed by atoms with E-state index in [4.69, 9.17) is 9.47 Å². The van der Waals surface area contributed by atoms with Gasteiger partial charge in [0.25, 0.3) is 0 Å². The summed E-state index contributed by atoms with van der Waals surface area (Å²) in [5.74, 6) is 1.66. The molecule has 0 aliphatic heterocycles. The first-order chi connectivity index (χ1) is 17.9. The van der Waals surface area contributed by atoms with E-state index in [-0.39, 0.29) is 17.2 Å². The zero-order valence-electron chi connectivity index (χ0n) is 20.6. The van der Waals surface area contributed by atoms with Crippen LogP contribution in [0.5, 0.6) is 17.2 Å². The van der Waals surface area contributed by atoms with Crippen molar-refractivity contribution in [1.82, 2.24) is 4.31 Å². The third-order valence-corrected chi connectivity index (χ3v) is 7.74. The molecule has 8 heteroatoms. The molecule has 0 saturated heterocycles. The lowest BCUT2D eigenvalue weighted by Gasteiger charge is -2.28. The van der Waals surface area contributed by atoms with Crippen LogP contribution in [0, 0.1) is 0 Å². The zero-order valence-corrected chi connectivity index (χ0v) is 21.4. The molecule has 0 radical (unpaired) electrons. The Bertz CT molecular complexity index is 1410. The molecule has 4 aromatic carbocycles. The minimum atomic E-state index is -3.85. The van der Waals surface area contributed by atoms with Crippen LogP contribution in [-0.2, 0) is 14.8 Å². The van der Waals surface area contributed by atoms with Crippen molar-refractivity contribution in [2.45, 2.75) is 17.4 Å². The number of ether oxygens (including phenoxy) is 2. The summed E-state index contributed by atoms with van der Waals surface area (Å²) in [6.07, 6.45) is -0.0862. The molecule has 4 aromatic rings. The van der Waals surface area contributed by atoms with Crippen molar-refractivity contribution >= 4 is 21.6 Å². The fourth-order valence-corrected chi connectivity index (χ4v) is 5.19. The Morgan fingerprint density at radius 2 is 1.32 bits per heavy atom. The van der Waals surface area contributed by atoms with Gasteiger partial charge >= 0.3 is 0 Å². The van der Waals surface area contributed by atoms with E-state index < -0.39 is 16.1 Å². The zero-order chi connectivity index (χ0) is 26.3. The molecular weight excluding hydrogens is 488 g/mol. The highest BCUT2D eigenvalue weighted by Crippen LogP contribution is 2.31. The quantitative estimate of drug-likeness (QED) is 0.285. The van der Waals surface area contributed by atoms with Crippen LogP contribution in [0.3, 0.4) is 0 Å². The van der Waals surface area contributed by atoms with Gasteiger partial charge in [-0.05, 0) is 66.2 Å². The highest BCUT2D eigenvalue weighted by Gasteiger charge is 2.31. The monoisotopic (exact) mass is 516 g/mol. The number of methoxy groups -OCH3 is 1. The Hall–Kier alpha value is -4.14. The number of nitrogens with one attached hydrogen (secondary N) is 1. The lowest BCUT2D eigenvalue weighted by molar-refractivity contribution is -0.117. The predicted molar refractivity (Wildman–Crippen MR) is 143 cm³/mol. The number of nitrogens with zero attached hydrogens (tertiary/aromatic N) is 1. The van der Waals surface area contributed by atoms with Crippen LogP contribution in [0.1, 0.15) is 18.0 Å². The Labute approximate surface area is 217 Å². The van der Waals surface area contributed by atoms with Gasteiger partial charge in [0.2, 0.25) is 15.9 Å². The van der Waals surface area contributed by atoms with Crippen LogP contribution in [0.15, 0.2) is 114 Å². The molecule has 0 heterocycles. The van der Waals surface area contributed by atoms with Crippen molar-refractivity contribution in [3.05, 3.63) is 115 Å². The molecule has 0 unspecified atom stereocenters. The van der Waals surface area contributed by atoms with E-state index in [0.717, 1.165) is 0 Å². The third kappa shape index (κ3) is 6.55. The number of hydrogen-bond donors (Lipinski definition) is 1. The fraction of sp³-hybridized carbons (Fsp3) is 0.138. The van der Waals surface area contributed by atoms with E-state index in [1.807, 2.05) is 30.3 Å². The van der Waals surface area contributed by atoms with Crippen molar-refractivity contribution in [3.8, 4) is 17.2 Å². The van der Waals surface area contributed by atoms with Gasteiger partial charge in [-0.2, -0.15) is 4.31 Å². The minimum absolute atomic E-state index is 0.0862. The summed E-state index contributed by atoms with van der Waals surface area (Å²) in [7, 11) is -0.806. The molecule has 1 atom stereocenters. The van der Waals surface area contributed by atoms with Gasteiger partial charge in [-0.15, -0.1) is 0 Å². The van der Waals surface area contributed by atoms with Crippen molar-refractivity contribution in [2.75, 3.05) is 19.5 Å². The van der Waals surface area contributed by atoms with E-state index in [1.54, 1.807) is 73.8 Å². The van der Waals surface area contributed by atoms with Gasteiger partial charge in [-0.1, -0.05) is 48.5 Å². The lowest BCUT2D eigenvalue weighted by Crippen LogP contribution is -2.33. The molecule has 0 aliphatic carbocycles. The Balaban J connectivity index is 1.52. The van der Waals surface area contributed by atoms with Gasteiger partial charge in [0.1, 0.15) is 17.2 Å². The van der Waals surface area contributed by atoms with Crippen molar-refractivity contribution in [3.63, 3.8) is 0 Å². The summed E-state index contributed by atoms with van der Waals surface area (Å²) in [4.78, 5) is 13.2. The molecule has 0 spiro atoms. The van der Waals surface area contributed by atoms with Crippen LogP contribution in [0.4, 0.5) is 5.69 Å². The second kappa shape index (κ2) is 11.7. The number of rotatable bonds is 10. The Morgan fingerprint density at radius 1 is 0.784 bits per heavy atom. The molecule has 0 fully saturated rings. The van der Waals surface area contributed by atoms with Crippen LogP contribution < -0.4 is 14.8 Å². The molecule has 0 aromatic heterocycles. The second-order valence-corrected chi connectivity index (χ2v) is 10.3. The van der Waals surface area contributed by atoms with Crippen molar-refractivity contribution < 1.29 is 22.7 Å². The highest BCUT2D eigenvalue weighted by molar-refractivity contribution is 7.89. The summed E-state index contributed by atoms with van der Waals surface area (Å²) in [5.41, 5.74) is 1.25. The molecule has 7 nitrogen and oxygen atoms in total. The van der Waals surface area contributed by atoms with Gasteiger partial charge in [-0.25, -0.2) is 8.42 Å². The van der Waals surface area contributed by atoms with Gasteiger partial charge < -0.3 is 14.8 Å². The van der Waals surface area contributed by atoms with Gasteiger partial charge in [0, 0.05) is 19.2 Å². The van der Waals surface area contributed by atoms with Gasteiger partial charge in [0.05, 0.1) is 18.0 Å². The van der Waals surface area contributed by atoms with Crippen molar-refractivity contribution in [2.24, 2.45) is 0 Å². The maximum atomic E-state index is 13.4. The largest absolute Gasteiger partial charge is 0.497 e. The molecule has 37 heavy (non-hydrogen) atoms. The normalized spacial score (nSPS) is 12.1. The predicted octanol–water partition coefficient (Wildman–Crippen LogP) is 5.88. The second-order valence-electron chi connectivity index (χ2n) is 8.32.